The van der Waals surface area contributed by atoms with Gasteiger partial charge in [0.2, 0.25) is 14.2 Å². The molecule has 2 heterocycles. The molecule has 0 aromatic carbocycles. The number of rotatable bonds is 4. The standard InChI is InChI=1S/C13H20N2O5SSi/c1-7(16)19-5-8-6-21-12-9(14)11(17)15(12)10(8)13(18)20-22(2,3)4/h9,12H,5-6,14H2,1-4H3/t9?,12-/m1/s1. The molecule has 1 fully saturated rings. The molecule has 2 atom stereocenters. The first-order valence-corrected chi connectivity index (χ1v) is 11.4. The van der Waals surface area contributed by atoms with Crippen LogP contribution in [0.3, 0.4) is 0 Å². The van der Waals surface area contributed by atoms with E-state index in [1.54, 1.807) is 0 Å². The Bertz CT molecular complexity index is 557. The van der Waals surface area contributed by atoms with Crippen molar-refractivity contribution < 1.29 is 23.5 Å². The van der Waals surface area contributed by atoms with Crippen LogP contribution in [0.15, 0.2) is 11.3 Å². The number of esters is 1. The second-order valence-corrected chi connectivity index (χ2v) is 11.7. The highest BCUT2D eigenvalue weighted by Crippen LogP contribution is 2.40. The molecule has 9 heteroatoms. The quantitative estimate of drug-likeness (QED) is 0.448. The van der Waals surface area contributed by atoms with E-state index in [4.69, 9.17) is 14.9 Å². The molecule has 2 rings (SSSR count). The first-order chi connectivity index (χ1) is 10.1. The van der Waals surface area contributed by atoms with Crippen molar-refractivity contribution in [1.29, 1.82) is 0 Å². The number of nitrogens with two attached hydrogens (primary N) is 1. The smallest absolute Gasteiger partial charge is 0.341 e. The van der Waals surface area contributed by atoms with Gasteiger partial charge in [-0.15, -0.1) is 11.8 Å². The van der Waals surface area contributed by atoms with E-state index in [-0.39, 0.29) is 23.6 Å². The van der Waals surface area contributed by atoms with E-state index in [1.165, 1.54) is 23.6 Å². The summed E-state index contributed by atoms with van der Waals surface area (Å²) in [6.45, 7) is 6.93. The average Bonchev–Trinajstić information content (AvgIpc) is 2.41. The lowest BCUT2D eigenvalue weighted by atomic mass is 10.0. The lowest BCUT2D eigenvalue weighted by molar-refractivity contribution is -0.147. The van der Waals surface area contributed by atoms with E-state index in [9.17, 15) is 14.4 Å². The second kappa shape index (κ2) is 6.05. The van der Waals surface area contributed by atoms with Crippen LogP contribution in [0.2, 0.25) is 19.6 Å². The van der Waals surface area contributed by atoms with Crippen molar-refractivity contribution in [2.24, 2.45) is 5.73 Å². The van der Waals surface area contributed by atoms with Crippen molar-refractivity contribution in [3.05, 3.63) is 11.3 Å². The average molecular weight is 344 g/mol. The number of hydrogen-bond acceptors (Lipinski definition) is 7. The van der Waals surface area contributed by atoms with E-state index in [0.717, 1.165) is 0 Å². The molecule has 22 heavy (non-hydrogen) atoms. The first-order valence-electron chi connectivity index (χ1n) is 6.91. The maximum Gasteiger partial charge on any atom is 0.341 e. The monoisotopic (exact) mass is 344 g/mol. The molecule has 0 aliphatic carbocycles. The van der Waals surface area contributed by atoms with Gasteiger partial charge in [0.25, 0.3) is 0 Å². The van der Waals surface area contributed by atoms with Gasteiger partial charge in [-0.25, -0.2) is 4.79 Å². The Morgan fingerprint density at radius 3 is 2.59 bits per heavy atom. The van der Waals surface area contributed by atoms with Crippen molar-refractivity contribution in [1.82, 2.24) is 4.90 Å². The molecule has 2 aliphatic heterocycles. The van der Waals surface area contributed by atoms with Crippen molar-refractivity contribution in [3.63, 3.8) is 0 Å². The van der Waals surface area contributed by atoms with Crippen LogP contribution >= 0.6 is 11.8 Å². The number of carbonyl (C=O) groups excluding carboxylic acids is 3. The summed E-state index contributed by atoms with van der Waals surface area (Å²) in [5.74, 6) is -0.804. The van der Waals surface area contributed by atoms with E-state index in [0.29, 0.717) is 11.3 Å². The maximum absolute atomic E-state index is 12.5. The Morgan fingerprint density at radius 2 is 2.05 bits per heavy atom. The fourth-order valence-electron chi connectivity index (χ4n) is 2.19. The summed E-state index contributed by atoms with van der Waals surface area (Å²) < 4.78 is 10.5. The van der Waals surface area contributed by atoms with E-state index in [1.807, 2.05) is 19.6 Å². The van der Waals surface area contributed by atoms with E-state index in [2.05, 4.69) is 0 Å². The minimum absolute atomic E-state index is 0.0236. The lowest BCUT2D eigenvalue weighted by Crippen LogP contribution is -2.68. The molecule has 2 N–H and O–H groups in total. The molecule has 0 bridgehead atoms. The third kappa shape index (κ3) is 3.36. The first kappa shape index (κ1) is 17.0. The van der Waals surface area contributed by atoms with Gasteiger partial charge in [-0.3, -0.25) is 14.5 Å². The van der Waals surface area contributed by atoms with Crippen LogP contribution in [-0.2, 0) is 23.5 Å². The van der Waals surface area contributed by atoms with Crippen LogP contribution in [0.4, 0.5) is 0 Å². The minimum atomic E-state index is -2.11. The van der Waals surface area contributed by atoms with Crippen LogP contribution < -0.4 is 5.73 Å². The zero-order valence-corrected chi connectivity index (χ0v) is 14.9. The summed E-state index contributed by atoms with van der Waals surface area (Å²) in [4.78, 5) is 36.9. The molecule has 0 saturated carbocycles. The number of amides is 1. The van der Waals surface area contributed by atoms with Gasteiger partial charge >= 0.3 is 11.9 Å². The van der Waals surface area contributed by atoms with Gasteiger partial charge in [-0.2, -0.15) is 0 Å². The molecule has 2 aliphatic rings. The number of thioether (sulfide) groups is 1. The molecule has 1 saturated heterocycles. The maximum atomic E-state index is 12.5. The number of carbonyl (C=O) groups is 3. The number of fused-ring (bicyclic) bond motifs is 1. The number of β-lactam (4-membered cyclic amide) rings is 1. The fourth-order valence-corrected chi connectivity index (χ4v) is 4.12. The van der Waals surface area contributed by atoms with Crippen LogP contribution in [0.5, 0.6) is 0 Å². The van der Waals surface area contributed by atoms with Gasteiger partial charge < -0.3 is 14.9 Å². The van der Waals surface area contributed by atoms with Crippen LogP contribution in [-0.4, -0.2) is 54.8 Å². The molecule has 0 aromatic rings. The summed E-state index contributed by atoms with van der Waals surface area (Å²) in [6.07, 6.45) is 0. The number of ether oxygens (including phenoxy) is 1. The predicted octanol–water partition coefficient (Wildman–Crippen LogP) is 0.424. The molecule has 0 spiro atoms. The lowest BCUT2D eigenvalue weighted by Gasteiger charge is -2.48. The van der Waals surface area contributed by atoms with Crippen molar-refractivity contribution >= 4 is 37.9 Å². The highest BCUT2D eigenvalue weighted by molar-refractivity contribution is 8.00. The van der Waals surface area contributed by atoms with Crippen LogP contribution in [0, 0.1) is 0 Å². The molecule has 7 nitrogen and oxygen atoms in total. The topological polar surface area (TPSA) is 98.9 Å². The summed E-state index contributed by atoms with van der Waals surface area (Å²) in [6, 6.07) is -0.602. The summed E-state index contributed by atoms with van der Waals surface area (Å²) in [5, 5.41) is -0.252. The van der Waals surface area contributed by atoms with Crippen LogP contribution in [0.1, 0.15) is 6.92 Å². The normalized spacial score (nSPS) is 24.6. The minimum Gasteiger partial charge on any atom is -0.515 e. The zero-order chi connectivity index (χ0) is 16.7. The Hall–Kier alpha value is -1.32. The Labute approximate surface area is 134 Å². The van der Waals surface area contributed by atoms with Gasteiger partial charge in [-0.1, -0.05) is 0 Å². The van der Waals surface area contributed by atoms with Gasteiger partial charge in [0.1, 0.15) is 23.7 Å². The highest BCUT2D eigenvalue weighted by atomic mass is 32.2. The molecule has 122 valence electrons. The van der Waals surface area contributed by atoms with E-state index < -0.39 is 26.3 Å². The molecular weight excluding hydrogens is 324 g/mol. The Balaban J connectivity index is 2.30. The third-order valence-corrected chi connectivity index (χ3v) is 5.29. The summed E-state index contributed by atoms with van der Waals surface area (Å²) in [7, 11) is -2.11. The Morgan fingerprint density at radius 1 is 1.41 bits per heavy atom. The predicted molar refractivity (Wildman–Crippen MR) is 84.2 cm³/mol. The second-order valence-electron chi connectivity index (χ2n) is 6.17. The molecule has 1 unspecified atom stereocenters. The third-order valence-electron chi connectivity index (χ3n) is 3.13. The van der Waals surface area contributed by atoms with E-state index >= 15 is 0 Å². The zero-order valence-electron chi connectivity index (χ0n) is 13.0. The fraction of sp³-hybridized carbons (Fsp3) is 0.615. The SMILES string of the molecule is CC(=O)OCC1=C(C(=O)O[Si](C)(C)C)N2C(=O)C(N)[C@H]2SC1. The molecule has 0 aromatic heterocycles. The van der Waals surface area contributed by atoms with Gasteiger partial charge in [0, 0.05) is 18.2 Å². The van der Waals surface area contributed by atoms with Crippen molar-refractivity contribution in [2.75, 3.05) is 12.4 Å². The van der Waals surface area contributed by atoms with Crippen molar-refractivity contribution in [2.45, 2.75) is 38.0 Å². The summed E-state index contributed by atoms with van der Waals surface area (Å²) in [5.41, 5.74) is 6.55. The number of nitrogens with zero attached hydrogens (tertiary/aromatic N) is 1. The highest BCUT2D eigenvalue weighted by Gasteiger charge is 2.52. The largest absolute Gasteiger partial charge is 0.515 e. The number of hydrogen-bond donors (Lipinski definition) is 1. The molecule has 0 radical (unpaired) electrons. The van der Waals surface area contributed by atoms with Crippen molar-refractivity contribution in [3.8, 4) is 0 Å². The summed E-state index contributed by atoms with van der Waals surface area (Å²) >= 11 is 1.46. The van der Waals surface area contributed by atoms with Gasteiger partial charge in [0.05, 0.1) is 0 Å². The van der Waals surface area contributed by atoms with Gasteiger partial charge in [-0.05, 0) is 19.6 Å². The van der Waals surface area contributed by atoms with Gasteiger partial charge in [0.15, 0.2) is 0 Å². The van der Waals surface area contributed by atoms with Crippen LogP contribution in [0.25, 0.3) is 0 Å². The molecule has 1 amide bonds. The Kier molecular flexibility index (Phi) is 4.69. The molecular formula is C13H20N2O5SSi.